The Balaban J connectivity index is 3.52. The van der Waals surface area contributed by atoms with Gasteiger partial charge in [-0.3, -0.25) is 14.9 Å². The summed E-state index contributed by atoms with van der Waals surface area (Å²) in [5.74, 6) is -0.526. The van der Waals surface area contributed by atoms with Gasteiger partial charge in [0.2, 0.25) is 0 Å². The molecule has 0 bridgehead atoms. The molecule has 1 N–H and O–H groups in total. The molecule has 6 heteroatoms. The third-order valence-corrected chi connectivity index (χ3v) is 1.92. The van der Waals surface area contributed by atoms with Crippen molar-refractivity contribution in [1.82, 2.24) is 10.2 Å². The van der Waals surface area contributed by atoms with Crippen LogP contribution in [0.25, 0.3) is 0 Å². The molecule has 0 spiro atoms. The Morgan fingerprint density at radius 2 is 2.00 bits per heavy atom. The summed E-state index contributed by atoms with van der Waals surface area (Å²) in [4.78, 5) is 22.3. The average Bonchev–Trinajstić information content (AvgIpc) is 2.11. The van der Waals surface area contributed by atoms with E-state index in [1.807, 2.05) is 13.8 Å². The summed E-state index contributed by atoms with van der Waals surface area (Å²) >= 11 is 0. The van der Waals surface area contributed by atoms with Crippen molar-refractivity contribution in [2.75, 3.05) is 32.7 Å². The van der Waals surface area contributed by atoms with Gasteiger partial charge in [0.15, 0.2) is 0 Å². The molecule has 0 aliphatic rings. The van der Waals surface area contributed by atoms with E-state index in [2.05, 4.69) is 10.2 Å². The molecule has 82 valence electrons. The van der Waals surface area contributed by atoms with Crippen LogP contribution in [0.2, 0.25) is 0 Å². The molecule has 0 aromatic carbocycles. The van der Waals surface area contributed by atoms with Crippen LogP contribution >= 0.6 is 0 Å². The Kier molecular flexibility index (Phi) is 6.65. The largest absolute Gasteiger partial charge is 0.349 e. The van der Waals surface area contributed by atoms with Crippen molar-refractivity contribution in [3.8, 4) is 0 Å². The Hall–Kier alpha value is -1.17. The molecule has 0 fully saturated rings. The fourth-order valence-corrected chi connectivity index (χ4v) is 1.07. The second-order valence-electron chi connectivity index (χ2n) is 2.87. The SMILES string of the molecule is CCN(CC)CCNC(=O)C[N+](=O)[O-]. The van der Waals surface area contributed by atoms with Gasteiger partial charge in [0.25, 0.3) is 12.5 Å². The molecule has 0 unspecified atom stereocenters. The van der Waals surface area contributed by atoms with E-state index in [9.17, 15) is 14.9 Å². The highest BCUT2D eigenvalue weighted by Crippen LogP contribution is 1.84. The van der Waals surface area contributed by atoms with Crippen LogP contribution in [0.15, 0.2) is 0 Å². The minimum atomic E-state index is -0.641. The number of rotatable bonds is 7. The van der Waals surface area contributed by atoms with Crippen molar-refractivity contribution in [1.29, 1.82) is 0 Å². The molecule has 0 aliphatic heterocycles. The van der Waals surface area contributed by atoms with E-state index >= 15 is 0 Å². The standard InChI is InChI=1S/C8H17N3O3/c1-3-10(4-2)6-5-9-8(12)7-11(13)14/h3-7H2,1-2H3,(H,9,12). The maximum absolute atomic E-state index is 10.8. The first kappa shape index (κ1) is 12.8. The van der Waals surface area contributed by atoms with Gasteiger partial charge in [-0.05, 0) is 13.1 Å². The number of carbonyl (C=O) groups is 1. The van der Waals surface area contributed by atoms with Gasteiger partial charge in [-0.15, -0.1) is 0 Å². The van der Waals surface area contributed by atoms with Gasteiger partial charge >= 0.3 is 0 Å². The van der Waals surface area contributed by atoms with Crippen LogP contribution in [0.4, 0.5) is 0 Å². The first-order valence-corrected chi connectivity index (χ1v) is 4.71. The third kappa shape index (κ3) is 6.36. The van der Waals surface area contributed by atoms with E-state index in [0.717, 1.165) is 19.6 Å². The fourth-order valence-electron chi connectivity index (χ4n) is 1.07. The van der Waals surface area contributed by atoms with Crippen LogP contribution in [0.3, 0.4) is 0 Å². The van der Waals surface area contributed by atoms with Crippen molar-refractivity contribution < 1.29 is 9.72 Å². The van der Waals surface area contributed by atoms with Gasteiger partial charge < -0.3 is 10.2 Å². The second kappa shape index (κ2) is 7.25. The number of likely N-dealkylation sites (N-methyl/N-ethyl adjacent to an activating group) is 1. The van der Waals surface area contributed by atoms with Gasteiger partial charge in [-0.2, -0.15) is 0 Å². The highest BCUT2D eigenvalue weighted by molar-refractivity contribution is 5.76. The number of nitro groups is 1. The predicted molar refractivity (Wildman–Crippen MR) is 52.7 cm³/mol. The summed E-state index contributed by atoms with van der Waals surface area (Å²) < 4.78 is 0. The topological polar surface area (TPSA) is 75.5 Å². The number of hydrogen-bond acceptors (Lipinski definition) is 4. The monoisotopic (exact) mass is 203 g/mol. The van der Waals surface area contributed by atoms with E-state index in [0.29, 0.717) is 6.54 Å². The number of nitrogens with zero attached hydrogens (tertiary/aromatic N) is 2. The van der Waals surface area contributed by atoms with Crippen LogP contribution in [0.5, 0.6) is 0 Å². The molecule has 0 saturated heterocycles. The zero-order valence-corrected chi connectivity index (χ0v) is 8.65. The fraction of sp³-hybridized carbons (Fsp3) is 0.875. The maximum atomic E-state index is 10.8. The number of hydrogen-bond donors (Lipinski definition) is 1. The lowest BCUT2D eigenvalue weighted by Crippen LogP contribution is -2.37. The summed E-state index contributed by atoms with van der Waals surface area (Å²) in [6.07, 6.45) is 0. The van der Waals surface area contributed by atoms with E-state index in [4.69, 9.17) is 0 Å². The number of nitrogens with one attached hydrogen (secondary N) is 1. The van der Waals surface area contributed by atoms with Crippen LogP contribution in [-0.4, -0.2) is 48.5 Å². The van der Waals surface area contributed by atoms with Crippen molar-refractivity contribution in [3.63, 3.8) is 0 Å². The molecule has 0 aliphatic carbocycles. The molecule has 0 heterocycles. The molecule has 0 aromatic heterocycles. The van der Waals surface area contributed by atoms with E-state index in [1.165, 1.54) is 0 Å². The van der Waals surface area contributed by atoms with E-state index in [-0.39, 0.29) is 0 Å². The third-order valence-electron chi connectivity index (χ3n) is 1.92. The summed E-state index contributed by atoms with van der Waals surface area (Å²) in [7, 11) is 0. The summed E-state index contributed by atoms with van der Waals surface area (Å²) in [5, 5.41) is 12.4. The van der Waals surface area contributed by atoms with Gasteiger partial charge in [0.05, 0.1) is 0 Å². The summed E-state index contributed by atoms with van der Waals surface area (Å²) in [5.41, 5.74) is 0. The molecule has 1 amide bonds. The molecule has 0 aromatic rings. The van der Waals surface area contributed by atoms with Crippen molar-refractivity contribution in [3.05, 3.63) is 10.1 Å². The predicted octanol–water partition coefficient (Wildman–Crippen LogP) is -0.279. The molecule has 0 atom stereocenters. The van der Waals surface area contributed by atoms with Crippen LogP contribution < -0.4 is 5.32 Å². The normalized spacial score (nSPS) is 10.2. The Labute approximate surface area is 83.4 Å². The molecular weight excluding hydrogens is 186 g/mol. The zero-order valence-electron chi connectivity index (χ0n) is 8.65. The first-order valence-electron chi connectivity index (χ1n) is 4.71. The lowest BCUT2D eigenvalue weighted by molar-refractivity contribution is -0.467. The van der Waals surface area contributed by atoms with Gasteiger partial charge in [-0.1, -0.05) is 13.8 Å². The van der Waals surface area contributed by atoms with E-state index < -0.39 is 17.4 Å². The van der Waals surface area contributed by atoms with Gasteiger partial charge in [-0.25, -0.2) is 0 Å². The number of amides is 1. The highest BCUT2D eigenvalue weighted by Gasteiger charge is 2.08. The Morgan fingerprint density at radius 1 is 1.43 bits per heavy atom. The van der Waals surface area contributed by atoms with Gasteiger partial charge in [0, 0.05) is 18.0 Å². The van der Waals surface area contributed by atoms with Crippen molar-refractivity contribution in [2.45, 2.75) is 13.8 Å². The molecule has 0 rings (SSSR count). The first-order chi connectivity index (χ1) is 6.60. The second-order valence-corrected chi connectivity index (χ2v) is 2.87. The minimum Gasteiger partial charge on any atom is -0.349 e. The molecular formula is C8H17N3O3. The van der Waals surface area contributed by atoms with Crippen molar-refractivity contribution >= 4 is 5.91 Å². The summed E-state index contributed by atoms with van der Waals surface area (Å²) in [6, 6.07) is 0. The number of carbonyl (C=O) groups excluding carboxylic acids is 1. The van der Waals surface area contributed by atoms with Crippen LogP contribution in [0.1, 0.15) is 13.8 Å². The quantitative estimate of drug-likeness (QED) is 0.456. The molecule has 6 nitrogen and oxygen atoms in total. The zero-order chi connectivity index (χ0) is 11.0. The average molecular weight is 203 g/mol. The molecule has 0 saturated carbocycles. The molecule has 14 heavy (non-hydrogen) atoms. The van der Waals surface area contributed by atoms with Gasteiger partial charge in [0.1, 0.15) is 0 Å². The highest BCUT2D eigenvalue weighted by atomic mass is 16.6. The summed E-state index contributed by atoms with van der Waals surface area (Å²) in [6.45, 7) is 6.46. The van der Waals surface area contributed by atoms with E-state index in [1.54, 1.807) is 0 Å². The lowest BCUT2D eigenvalue weighted by Gasteiger charge is -2.17. The van der Waals surface area contributed by atoms with Crippen LogP contribution in [-0.2, 0) is 4.79 Å². The minimum absolute atomic E-state index is 0.467. The smallest absolute Gasteiger partial charge is 0.291 e. The lowest BCUT2D eigenvalue weighted by atomic mass is 10.4. The van der Waals surface area contributed by atoms with Crippen molar-refractivity contribution in [2.24, 2.45) is 0 Å². The Bertz CT molecular complexity index is 192. The maximum Gasteiger partial charge on any atom is 0.291 e. The Morgan fingerprint density at radius 3 is 2.43 bits per heavy atom. The van der Waals surface area contributed by atoms with Crippen LogP contribution in [0, 0.1) is 10.1 Å². The molecule has 0 radical (unpaired) electrons.